The van der Waals surface area contributed by atoms with Crippen molar-refractivity contribution in [3.05, 3.63) is 0 Å². The van der Waals surface area contributed by atoms with E-state index in [0.29, 0.717) is 12.1 Å². The maximum atomic E-state index is 6.09. The number of nitrogens with zero attached hydrogens (tertiary/aromatic N) is 3. The molecule has 5 heteroatoms. The van der Waals surface area contributed by atoms with Crippen LogP contribution < -0.4 is 5.73 Å². The first-order chi connectivity index (χ1) is 9.08. The standard InChI is InChI=1S/C15H30N4.HI/c1-12(2)10-14(19-8-4-5-9-19)11-17-15(16)18(3)13-6-7-13;/h12-14H,4-11H2,1-3H3,(H2,16,17);1H. The van der Waals surface area contributed by atoms with Gasteiger partial charge < -0.3 is 10.6 Å². The van der Waals surface area contributed by atoms with Gasteiger partial charge in [-0.05, 0) is 51.1 Å². The van der Waals surface area contributed by atoms with Gasteiger partial charge in [0, 0.05) is 19.1 Å². The molecule has 2 rings (SSSR count). The van der Waals surface area contributed by atoms with Gasteiger partial charge in [-0.15, -0.1) is 24.0 Å². The van der Waals surface area contributed by atoms with E-state index >= 15 is 0 Å². The third-order valence-electron chi connectivity index (χ3n) is 4.32. The smallest absolute Gasteiger partial charge is 0.191 e. The lowest BCUT2D eigenvalue weighted by Gasteiger charge is -2.28. The van der Waals surface area contributed by atoms with E-state index in [1.54, 1.807) is 0 Å². The van der Waals surface area contributed by atoms with E-state index in [2.05, 4.69) is 35.7 Å². The molecule has 4 nitrogen and oxygen atoms in total. The molecule has 1 atom stereocenters. The highest BCUT2D eigenvalue weighted by Gasteiger charge is 2.28. The predicted octanol–water partition coefficient (Wildman–Crippen LogP) is 2.52. The van der Waals surface area contributed by atoms with E-state index in [-0.39, 0.29) is 24.0 Å². The number of halogens is 1. The highest BCUT2D eigenvalue weighted by atomic mass is 127. The fraction of sp³-hybridized carbons (Fsp3) is 0.933. The van der Waals surface area contributed by atoms with Crippen molar-refractivity contribution in [2.45, 2.75) is 58.0 Å². The first-order valence-corrected chi connectivity index (χ1v) is 7.84. The summed E-state index contributed by atoms with van der Waals surface area (Å²) in [5.74, 6) is 1.46. The zero-order valence-electron chi connectivity index (χ0n) is 13.2. The van der Waals surface area contributed by atoms with Crippen LogP contribution in [0.1, 0.15) is 46.0 Å². The van der Waals surface area contributed by atoms with Crippen molar-refractivity contribution < 1.29 is 0 Å². The van der Waals surface area contributed by atoms with Gasteiger partial charge in [-0.1, -0.05) is 13.8 Å². The van der Waals surface area contributed by atoms with Gasteiger partial charge in [0.2, 0.25) is 0 Å². The topological polar surface area (TPSA) is 44.9 Å². The van der Waals surface area contributed by atoms with Gasteiger partial charge in [-0.3, -0.25) is 9.89 Å². The first kappa shape index (κ1) is 18.0. The number of hydrogen-bond donors (Lipinski definition) is 1. The van der Waals surface area contributed by atoms with Crippen molar-refractivity contribution in [2.24, 2.45) is 16.6 Å². The molecule has 1 saturated carbocycles. The molecule has 2 aliphatic rings. The Balaban J connectivity index is 0.00000200. The van der Waals surface area contributed by atoms with Gasteiger partial charge in [-0.25, -0.2) is 0 Å². The third-order valence-corrected chi connectivity index (χ3v) is 4.32. The molecule has 0 spiro atoms. The summed E-state index contributed by atoms with van der Waals surface area (Å²) in [5.41, 5.74) is 6.09. The minimum atomic E-state index is 0. The molecule has 0 radical (unpaired) electrons. The summed E-state index contributed by atoms with van der Waals surface area (Å²) in [6, 6.07) is 1.23. The Kier molecular flexibility index (Phi) is 7.58. The van der Waals surface area contributed by atoms with Crippen LogP contribution in [0.2, 0.25) is 0 Å². The number of likely N-dealkylation sites (tertiary alicyclic amines) is 1. The SMILES string of the molecule is CC(C)CC(CN=C(N)N(C)C1CC1)N1CCCC1.I. The van der Waals surface area contributed by atoms with Crippen LogP contribution in [0, 0.1) is 5.92 Å². The fourth-order valence-corrected chi connectivity index (χ4v) is 2.95. The van der Waals surface area contributed by atoms with E-state index in [9.17, 15) is 0 Å². The number of hydrogen-bond acceptors (Lipinski definition) is 2. The largest absolute Gasteiger partial charge is 0.370 e. The van der Waals surface area contributed by atoms with Gasteiger partial charge in [0.25, 0.3) is 0 Å². The highest BCUT2D eigenvalue weighted by Crippen LogP contribution is 2.25. The van der Waals surface area contributed by atoms with E-state index in [1.165, 1.54) is 45.2 Å². The molecule has 0 aromatic carbocycles. The molecular weight excluding hydrogens is 363 g/mol. The van der Waals surface area contributed by atoms with Crippen molar-refractivity contribution in [1.29, 1.82) is 0 Å². The Bertz CT molecular complexity index is 309. The molecule has 1 heterocycles. The lowest BCUT2D eigenvalue weighted by atomic mass is 10.0. The minimum Gasteiger partial charge on any atom is -0.370 e. The molecule has 20 heavy (non-hydrogen) atoms. The third kappa shape index (κ3) is 5.39. The van der Waals surface area contributed by atoms with Crippen molar-refractivity contribution in [3.8, 4) is 0 Å². The van der Waals surface area contributed by atoms with Crippen molar-refractivity contribution in [2.75, 3.05) is 26.7 Å². The average Bonchev–Trinajstić information content (AvgIpc) is 3.08. The van der Waals surface area contributed by atoms with Gasteiger partial charge >= 0.3 is 0 Å². The maximum absolute atomic E-state index is 6.09. The lowest BCUT2D eigenvalue weighted by molar-refractivity contribution is 0.218. The van der Waals surface area contributed by atoms with E-state index < -0.39 is 0 Å². The molecule has 0 aromatic rings. The van der Waals surface area contributed by atoms with E-state index in [4.69, 9.17) is 5.73 Å². The Morgan fingerprint density at radius 1 is 1.30 bits per heavy atom. The van der Waals surface area contributed by atoms with Gasteiger partial charge in [-0.2, -0.15) is 0 Å². The number of rotatable bonds is 6. The van der Waals surface area contributed by atoms with Crippen LogP contribution in [0.25, 0.3) is 0 Å². The first-order valence-electron chi connectivity index (χ1n) is 7.84. The van der Waals surface area contributed by atoms with Crippen LogP contribution in [0.4, 0.5) is 0 Å². The van der Waals surface area contributed by atoms with Crippen molar-refractivity contribution in [1.82, 2.24) is 9.80 Å². The highest BCUT2D eigenvalue weighted by molar-refractivity contribution is 14.0. The maximum Gasteiger partial charge on any atom is 0.191 e. The van der Waals surface area contributed by atoms with Crippen LogP contribution >= 0.6 is 24.0 Å². The molecule has 0 bridgehead atoms. The van der Waals surface area contributed by atoms with Gasteiger partial charge in [0.15, 0.2) is 5.96 Å². The molecule has 0 amide bonds. The second kappa shape index (κ2) is 8.41. The normalized spacial score (nSPS) is 21.9. The monoisotopic (exact) mass is 394 g/mol. The molecular formula is C15H31IN4. The van der Waals surface area contributed by atoms with E-state index in [0.717, 1.165) is 18.4 Å². The summed E-state index contributed by atoms with van der Waals surface area (Å²) in [7, 11) is 2.07. The van der Waals surface area contributed by atoms with Crippen LogP contribution in [-0.2, 0) is 0 Å². The summed E-state index contributed by atoms with van der Waals surface area (Å²) in [6.07, 6.45) is 6.46. The second-order valence-electron chi connectivity index (χ2n) is 6.57. The second-order valence-corrected chi connectivity index (χ2v) is 6.57. The summed E-state index contributed by atoms with van der Waals surface area (Å²) < 4.78 is 0. The lowest BCUT2D eigenvalue weighted by Crippen LogP contribution is -2.39. The summed E-state index contributed by atoms with van der Waals surface area (Å²) >= 11 is 0. The summed E-state index contributed by atoms with van der Waals surface area (Å²) in [4.78, 5) is 9.42. The Morgan fingerprint density at radius 2 is 1.90 bits per heavy atom. The van der Waals surface area contributed by atoms with Crippen molar-refractivity contribution >= 4 is 29.9 Å². The molecule has 1 unspecified atom stereocenters. The van der Waals surface area contributed by atoms with Gasteiger partial charge in [0.05, 0.1) is 6.54 Å². The summed E-state index contributed by atoms with van der Waals surface area (Å²) in [6.45, 7) is 7.94. The fourth-order valence-electron chi connectivity index (χ4n) is 2.95. The Labute approximate surface area is 141 Å². The van der Waals surface area contributed by atoms with Crippen molar-refractivity contribution in [3.63, 3.8) is 0 Å². The van der Waals surface area contributed by atoms with E-state index in [1.807, 2.05) is 0 Å². The molecule has 1 aliphatic carbocycles. The van der Waals surface area contributed by atoms with Crippen LogP contribution in [0.15, 0.2) is 4.99 Å². The minimum absolute atomic E-state index is 0. The van der Waals surface area contributed by atoms with Crippen LogP contribution in [-0.4, -0.2) is 54.5 Å². The molecule has 1 aliphatic heterocycles. The van der Waals surface area contributed by atoms with Crippen LogP contribution in [0.5, 0.6) is 0 Å². The Hall–Kier alpha value is -0.0400. The zero-order chi connectivity index (χ0) is 13.8. The molecule has 0 aromatic heterocycles. The number of guanidine groups is 1. The Morgan fingerprint density at radius 3 is 2.40 bits per heavy atom. The zero-order valence-corrected chi connectivity index (χ0v) is 15.5. The quantitative estimate of drug-likeness (QED) is 0.428. The van der Waals surface area contributed by atoms with Crippen LogP contribution in [0.3, 0.4) is 0 Å². The predicted molar refractivity (Wildman–Crippen MR) is 96.7 cm³/mol. The molecule has 118 valence electrons. The molecule has 1 saturated heterocycles. The van der Waals surface area contributed by atoms with Gasteiger partial charge in [0.1, 0.15) is 0 Å². The molecule has 2 fully saturated rings. The average molecular weight is 394 g/mol. The summed E-state index contributed by atoms with van der Waals surface area (Å²) in [5, 5.41) is 0. The molecule has 2 N–H and O–H groups in total. The number of nitrogens with two attached hydrogens (primary N) is 1. The number of aliphatic imine (C=N–C) groups is 1.